The van der Waals surface area contributed by atoms with Crippen molar-refractivity contribution in [2.75, 3.05) is 0 Å². The van der Waals surface area contributed by atoms with E-state index >= 15 is 0 Å². The number of benzene rings is 2. The number of amides is 1. The van der Waals surface area contributed by atoms with Gasteiger partial charge in [-0.1, -0.05) is 30.3 Å². The number of carbonyl (C=O) groups is 1. The van der Waals surface area contributed by atoms with Gasteiger partial charge in [-0.2, -0.15) is 0 Å². The highest BCUT2D eigenvalue weighted by Gasteiger charge is 2.10. The maximum absolute atomic E-state index is 12.3. The number of rotatable bonds is 8. The quantitative estimate of drug-likeness (QED) is 0.786. The van der Waals surface area contributed by atoms with E-state index in [2.05, 4.69) is 5.32 Å². The molecule has 2 aromatic carbocycles. The van der Waals surface area contributed by atoms with Gasteiger partial charge in [0.05, 0.1) is 18.6 Å². The molecule has 0 atom stereocenters. The molecule has 2 rings (SSSR count). The number of nitrogens with one attached hydrogen (secondary N) is 1. The zero-order valence-corrected chi connectivity index (χ0v) is 15.4. The lowest BCUT2D eigenvalue weighted by Crippen LogP contribution is -2.25. The van der Waals surface area contributed by atoms with Gasteiger partial charge in [0.2, 0.25) is 5.91 Å². The summed E-state index contributed by atoms with van der Waals surface area (Å²) in [7, 11) is 0. The van der Waals surface area contributed by atoms with Crippen LogP contribution < -0.4 is 14.8 Å². The number of hydrogen-bond acceptors (Lipinski definition) is 3. The van der Waals surface area contributed by atoms with E-state index in [1.54, 1.807) is 0 Å². The van der Waals surface area contributed by atoms with Gasteiger partial charge in [0, 0.05) is 12.1 Å². The number of hydrogen-bond donors (Lipinski definition) is 1. The van der Waals surface area contributed by atoms with Crippen LogP contribution in [0.1, 0.15) is 38.8 Å². The van der Waals surface area contributed by atoms with Crippen molar-refractivity contribution >= 4 is 5.91 Å². The average Bonchev–Trinajstić information content (AvgIpc) is 2.54. The van der Waals surface area contributed by atoms with Gasteiger partial charge >= 0.3 is 0 Å². The molecule has 0 fully saturated rings. The summed E-state index contributed by atoms with van der Waals surface area (Å²) < 4.78 is 11.4. The third kappa shape index (κ3) is 6.49. The van der Waals surface area contributed by atoms with E-state index in [-0.39, 0.29) is 18.1 Å². The molecular weight excluding hydrogens is 314 g/mol. The second-order valence-electron chi connectivity index (χ2n) is 6.54. The van der Waals surface area contributed by atoms with Crippen molar-refractivity contribution in [3.8, 4) is 11.5 Å². The zero-order chi connectivity index (χ0) is 18.2. The first-order valence-corrected chi connectivity index (χ1v) is 8.71. The summed E-state index contributed by atoms with van der Waals surface area (Å²) in [6.45, 7) is 8.41. The molecule has 4 heteroatoms. The van der Waals surface area contributed by atoms with Gasteiger partial charge in [0.25, 0.3) is 0 Å². The molecule has 0 spiro atoms. The highest BCUT2D eigenvalue weighted by atomic mass is 16.5. The van der Waals surface area contributed by atoms with Gasteiger partial charge in [0.1, 0.15) is 11.5 Å². The Hall–Kier alpha value is -2.49. The number of carbonyl (C=O) groups excluding carboxylic acids is 1. The van der Waals surface area contributed by atoms with Crippen LogP contribution in [0.15, 0.2) is 48.5 Å². The SMILES string of the molecule is CC(C)Oc1cccc(CNC(=O)Cc2ccccc2OC(C)C)c1. The van der Waals surface area contributed by atoms with E-state index in [4.69, 9.17) is 9.47 Å². The van der Waals surface area contributed by atoms with E-state index in [0.29, 0.717) is 13.0 Å². The smallest absolute Gasteiger partial charge is 0.224 e. The van der Waals surface area contributed by atoms with Crippen LogP contribution in [0.2, 0.25) is 0 Å². The lowest BCUT2D eigenvalue weighted by atomic mass is 10.1. The fraction of sp³-hybridized carbons (Fsp3) is 0.381. The van der Waals surface area contributed by atoms with Gasteiger partial charge in [-0.25, -0.2) is 0 Å². The summed E-state index contributed by atoms with van der Waals surface area (Å²) in [6, 6.07) is 15.4. The van der Waals surface area contributed by atoms with E-state index in [9.17, 15) is 4.79 Å². The molecule has 2 aromatic rings. The van der Waals surface area contributed by atoms with Crippen LogP contribution in [0.3, 0.4) is 0 Å². The number of ether oxygens (including phenoxy) is 2. The maximum atomic E-state index is 12.3. The molecule has 0 saturated carbocycles. The Balaban J connectivity index is 1.93. The van der Waals surface area contributed by atoms with Crippen LogP contribution in [-0.2, 0) is 17.8 Å². The molecule has 134 valence electrons. The monoisotopic (exact) mass is 341 g/mol. The first-order valence-electron chi connectivity index (χ1n) is 8.71. The molecule has 0 bridgehead atoms. The minimum Gasteiger partial charge on any atom is -0.491 e. The highest BCUT2D eigenvalue weighted by molar-refractivity contribution is 5.79. The molecule has 0 aliphatic heterocycles. The minimum atomic E-state index is -0.0324. The standard InChI is InChI=1S/C21H27NO3/c1-15(2)24-19-10-7-8-17(12-19)14-22-21(23)13-18-9-5-6-11-20(18)25-16(3)4/h5-12,15-16H,13-14H2,1-4H3,(H,22,23). The van der Waals surface area contributed by atoms with Gasteiger partial charge in [-0.3, -0.25) is 4.79 Å². The van der Waals surface area contributed by atoms with Crippen molar-refractivity contribution in [3.63, 3.8) is 0 Å². The first-order chi connectivity index (χ1) is 11.9. The molecule has 1 amide bonds. The minimum absolute atomic E-state index is 0.0324. The van der Waals surface area contributed by atoms with Crippen LogP contribution in [0, 0.1) is 0 Å². The van der Waals surface area contributed by atoms with Crippen molar-refractivity contribution in [2.24, 2.45) is 0 Å². The molecule has 4 nitrogen and oxygen atoms in total. The predicted molar refractivity (Wildman–Crippen MR) is 100.0 cm³/mol. The summed E-state index contributed by atoms with van der Waals surface area (Å²) in [4.78, 5) is 12.3. The fourth-order valence-corrected chi connectivity index (χ4v) is 2.46. The van der Waals surface area contributed by atoms with Gasteiger partial charge < -0.3 is 14.8 Å². The summed E-state index contributed by atoms with van der Waals surface area (Å²) in [5.41, 5.74) is 1.91. The van der Waals surface area contributed by atoms with Crippen molar-refractivity contribution in [1.82, 2.24) is 5.32 Å². The average molecular weight is 341 g/mol. The molecule has 1 N–H and O–H groups in total. The lowest BCUT2D eigenvalue weighted by Gasteiger charge is -2.14. The Morgan fingerprint density at radius 3 is 2.40 bits per heavy atom. The van der Waals surface area contributed by atoms with E-state index in [1.807, 2.05) is 76.2 Å². The summed E-state index contributed by atoms with van der Waals surface area (Å²) in [5, 5.41) is 2.96. The molecule has 0 unspecified atom stereocenters. The van der Waals surface area contributed by atoms with Crippen LogP contribution >= 0.6 is 0 Å². The summed E-state index contributed by atoms with van der Waals surface area (Å²) >= 11 is 0. The van der Waals surface area contributed by atoms with Crippen LogP contribution in [0.25, 0.3) is 0 Å². The van der Waals surface area contributed by atoms with E-state index in [1.165, 1.54) is 0 Å². The highest BCUT2D eigenvalue weighted by Crippen LogP contribution is 2.20. The van der Waals surface area contributed by atoms with Crippen LogP contribution in [-0.4, -0.2) is 18.1 Å². The van der Waals surface area contributed by atoms with Gasteiger partial charge in [-0.05, 0) is 51.5 Å². The third-order valence-corrected chi connectivity index (χ3v) is 3.45. The molecule has 0 aliphatic carbocycles. The van der Waals surface area contributed by atoms with Gasteiger partial charge in [-0.15, -0.1) is 0 Å². The van der Waals surface area contributed by atoms with Crippen molar-refractivity contribution in [2.45, 2.75) is 52.9 Å². The fourth-order valence-electron chi connectivity index (χ4n) is 2.46. The third-order valence-electron chi connectivity index (χ3n) is 3.45. The Kier molecular flexibility index (Phi) is 6.87. The molecule has 25 heavy (non-hydrogen) atoms. The molecular formula is C21H27NO3. The molecule has 0 radical (unpaired) electrons. The Labute approximate surface area is 150 Å². The van der Waals surface area contributed by atoms with Crippen LogP contribution in [0.4, 0.5) is 0 Å². The van der Waals surface area contributed by atoms with Crippen LogP contribution in [0.5, 0.6) is 11.5 Å². The second kappa shape index (κ2) is 9.11. The second-order valence-corrected chi connectivity index (χ2v) is 6.54. The number of para-hydroxylation sites is 1. The largest absolute Gasteiger partial charge is 0.491 e. The van der Waals surface area contributed by atoms with Crippen molar-refractivity contribution in [1.29, 1.82) is 0 Å². The zero-order valence-electron chi connectivity index (χ0n) is 15.4. The predicted octanol–water partition coefficient (Wildman–Crippen LogP) is 4.12. The summed E-state index contributed by atoms with van der Waals surface area (Å²) in [6.07, 6.45) is 0.501. The maximum Gasteiger partial charge on any atom is 0.224 e. The normalized spacial score (nSPS) is 10.8. The Bertz CT molecular complexity index is 695. The molecule has 0 aliphatic rings. The Morgan fingerprint density at radius 1 is 0.960 bits per heavy atom. The van der Waals surface area contributed by atoms with Crippen molar-refractivity contribution in [3.05, 3.63) is 59.7 Å². The van der Waals surface area contributed by atoms with Crippen molar-refractivity contribution < 1.29 is 14.3 Å². The summed E-state index contributed by atoms with van der Waals surface area (Å²) in [5.74, 6) is 1.55. The Morgan fingerprint density at radius 2 is 1.68 bits per heavy atom. The topological polar surface area (TPSA) is 47.6 Å². The molecule has 0 saturated heterocycles. The lowest BCUT2D eigenvalue weighted by molar-refractivity contribution is -0.120. The molecule has 0 aromatic heterocycles. The van der Waals surface area contributed by atoms with E-state index in [0.717, 1.165) is 22.6 Å². The first kappa shape index (κ1) is 18.8. The molecule has 0 heterocycles. The van der Waals surface area contributed by atoms with E-state index < -0.39 is 0 Å². The van der Waals surface area contributed by atoms with Gasteiger partial charge in [0.15, 0.2) is 0 Å².